The molecule has 0 radical (unpaired) electrons. The van der Waals surface area contributed by atoms with Gasteiger partial charge in [-0.1, -0.05) is 25.1 Å². The predicted molar refractivity (Wildman–Crippen MR) is 78.3 cm³/mol. The van der Waals surface area contributed by atoms with Gasteiger partial charge in [0.2, 0.25) is 0 Å². The maximum absolute atomic E-state index is 13.2. The standard InChI is InChI=1S/C16H18F3N3/c1-2-8-22-9-7-14-12(10-22)15(21-20-14)11-5-3-4-6-13(11)16(17,18)19/h3-6H,2,7-10H2,1H3,(H,20,21). The fourth-order valence-corrected chi connectivity index (χ4v) is 3.02. The van der Waals surface area contributed by atoms with Gasteiger partial charge in [-0.05, 0) is 19.0 Å². The number of nitrogens with zero attached hydrogens (tertiary/aromatic N) is 2. The highest BCUT2D eigenvalue weighted by atomic mass is 19.4. The summed E-state index contributed by atoms with van der Waals surface area (Å²) in [6.07, 6.45) is -2.54. The van der Waals surface area contributed by atoms with Gasteiger partial charge in [-0.15, -0.1) is 0 Å². The number of hydrogen-bond acceptors (Lipinski definition) is 2. The Morgan fingerprint density at radius 2 is 2.05 bits per heavy atom. The largest absolute Gasteiger partial charge is 0.417 e. The molecule has 2 heterocycles. The van der Waals surface area contributed by atoms with Gasteiger partial charge in [-0.25, -0.2) is 0 Å². The molecule has 6 heteroatoms. The average Bonchev–Trinajstić information content (AvgIpc) is 2.90. The third-order valence-corrected chi connectivity index (χ3v) is 4.04. The highest BCUT2D eigenvalue weighted by Gasteiger charge is 2.35. The molecular weight excluding hydrogens is 291 g/mol. The van der Waals surface area contributed by atoms with Crippen LogP contribution in [0.15, 0.2) is 24.3 Å². The molecule has 0 bridgehead atoms. The molecule has 3 nitrogen and oxygen atoms in total. The van der Waals surface area contributed by atoms with Crippen molar-refractivity contribution in [3.05, 3.63) is 41.1 Å². The molecule has 22 heavy (non-hydrogen) atoms. The molecule has 1 aromatic carbocycles. The summed E-state index contributed by atoms with van der Waals surface area (Å²) in [4.78, 5) is 2.26. The summed E-state index contributed by atoms with van der Waals surface area (Å²) in [6, 6.07) is 5.65. The number of nitrogens with one attached hydrogen (secondary N) is 1. The molecular formula is C16H18F3N3. The Kier molecular flexibility index (Phi) is 3.95. The Labute approximate surface area is 127 Å². The number of alkyl halides is 3. The van der Waals surface area contributed by atoms with E-state index in [2.05, 4.69) is 22.0 Å². The van der Waals surface area contributed by atoms with Gasteiger partial charge in [0.25, 0.3) is 0 Å². The lowest BCUT2D eigenvalue weighted by Crippen LogP contribution is -2.31. The smallest absolute Gasteiger partial charge is 0.299 e. The number of fused-ring (bicyclic) bond motifs is 1. The molecule has 0 saturated carbocycles. The van der Waals surface area contributed by atoms with E-state index in [1.165, 1.54) is 12.1 Å². The predicted octanol–water partition coefficient (Wildman–Crippen LogP) is 3.86. The number of hydrogen-bond donors (Lipinski definition) is 1. The lowest BCUT2D eigenvalue weighted by Gasteiger charge is -2.26. The van der Waals surface area contributed by atoms with Gasteiger partial charge < -0.3 is 0 Å². The van der Waals surface area contributed by atoms with Gasteiger partial charge >= 0.3 is 6.18 Å². The number of aromatic amines is 1. The minimum atomic E-state index is -4.37. The van der Waals surface area contributed by atoms with Crippen LogP contribution in [0.2, 0.25) is 0 Å². The Hall–Kier alpha value is -1.82. The number of H-pyrrole nitrogens is 1. The second kappa shape index (κ2) is 5.76. The van der Waals surface area contributed by atoms with Gasteiger partial charge in [0.1, 0.15) is 0 Å². The summed E-state index contributed by atoms with van der Waals surface area (Å²) >= 11 is 0. The maximum Gasteiger partial charge on any atom is 0.417 e. The van der Waals surface area contributed by atoms with Crippen molar-refractivity contribution in [2.24, 2.45) is 0 Å². The summed E-state index contributed by atoms with van der Waals surface area (Å²) < 4.78 is 39.7. The van der Waals surface area contributed by atoms with E-state index in [4.69, 9.17) is 0 Å². The van der Waals surface area contributed by atoms with Crippen molar-refractivity contribution in [3.63, 3.8) is 0 Å². The van der Waals surface area contributed by atoms with E-state index >= 15 is 0 Å². The number of halogens is 3. The second-order valence-electron chi connectivity index (χ2n) is 5.60. The molecule has 1 aliphatic heterocycles. The van der Waals surface area contributed by atoms with Gasteiger partial charge in [-0.2, -0.15) is 18.3 Å². The minimum Gasteiger partial charge on any atom is -0.299 e. The van der Waals surface area contributed by atoms with Crippen LogP contribution in [0, 0.1) is 0 Å². The Bertz CT molecular complexity index is 661. The van der Waals surface area contributed by atoms with Crippen molar-refractivity contribution in [2.45, 2.75) is 32.5 Å². The molecule has 3 rings (SSSR count). The van der Waals surface area contributed by atoms with E-state index in [1.807, 2.05) is 0 Å². The van der Waals surface area contributed by atoms with Crippen LogP contribution >= 0.6 is 0 Å². The van der Waals surface area contributed by atoms with Crippen LogP contribution in [-0.2, 0) is 19.1 Å². The zero-order valence-corrected chi connectivity index (χ0v) is 12.4. The summed E-state index contributed by atoms with van der Waals surface area (Å²) in [5.74, 6) is 0. The van der Waals surface area contributed by atoms with Crippen LogP contribution in [0.1, 0.15) is 30.2 Å². The van der Waals surface area contributed by atoms with Gasteiger partial charge in [0.05, 0.1) is 11.3 Å². The van der Waals surface area contributed by atoms with Crippen molar-refractivity contribution in [3.8, 4) is 11.3 Å². The fourth-order valence-electron chi connectivity index (χ4n) is 3.02. The first-order chi connectivity index (χ1) is 10.5. The molecule has 1 aliphatic rings. The molecule has 0 fully saturated rings. The van der Waals surface area contributed by atoms with Gasteiger partial charge in [-0.3, -0.25) is 10.00 Å². The number of benzene rings is 1. The van der Waals surface area contributed by atoms with Crippen molar-refractivity contribution in [1.29, 1.82) is 0 Å². The van der Waals surface area contributed by atoms with Crippen molar-refractivity contribution >= 4 is 0 Å². The minimum absolute atomic E-state index is 0.158. The average molecular weight is 309 g/mol. The molecule has 0 unspecified atom stereocenters. The summed E-state index contributed by atoms with van der Waals surface area (Å²) in [6.45, 7) is 4.63. The summed E-state index contributed by atoms with van der Waals surface area (Å²) in [5.41, 5.74) is 1.82. The third-order valence-electron chi connectivity index (χ3n) is 4.04. The molecule has 0 atom stereocenters. The lowest BCUT2D eigenvalue weighted by atomic mass is 9.97. The zero-order valence-electron chi connectivity index (χ0n) is 12.4. The van der Waals surface area contributed by atoms with Crippen molar-refractivity contribution in [2.75, 3.05) is 13.1 Å². The van der Waals surface area contributed by atoms with Crippen LogP contribution < -0.4 is 0 Å². The Morgan fingerprint density at radius 1 is 1.27 bits per heavy atom. The first-order valence-electron chi connectivity index (χ1n) is 7.45. The Balaban J connectivity index is 2.03. The summed E-state index contributed by atoms with van der Waals surface area (Å²) in [5, 5.41) is 7.11. The summed E-state index contributed by atoms with van der Waals surface area (Å²) in [7, 11) is 0. The molecule has 0 saturated heterocycles. The molecule has 0 spiro atoms. The molecule has 0 amide bonds. The highest BCUT2D eigenvalue weighted by Crippen LogP contribution is 2.38. The van der Waals surface area contributed by atoms with Crippen LogP contribution in [0.4, 0.5) is 13.2 Å². The topological polar surface area (TPSA) is 31.9 Å². The van der Waals surface area contributed by atoms with Crippen molar-refractivity contribution in [1.82, 2.24) is 15.1 Å². The highest BCUT2D eigenvalue weighted by molar-refractivity contribution is 5.68. The van der Waals surface area contributed by atoms with Crippen LogP contribution in [0.5, 0.6) is 0 Å². The van der Waals surface area contributed by atoms with Crippen LogP contribution in [0.3, 0.4) is 0 Å². The van der Waals surface area contributed by atoms with Crippen LogP contribution in [-0.4, -0.2) is 28.2 Å². The molecule has 1 N–H and O–H groups in total. The second-order valence-corrected chi connectivity index (χ2v) is 5.60. The van der Waals surface area contributed by atoms with E-state index in [0.717, 1.165) is 43.3 Å². The number of aromatic nitrogens is 2. The first-order valence-corrected chi connectivity index (χ1v) is 7.45. The fraction of sp³-hybridized carbons (Fsp3) is 0.438. The monoisotopic (exact) mass is 309 g/mol. The van der Waals surface area contributed by atoms with Gasteiger partial charge in [0, 0.05) is 36.3 Å². The Morgan fingerprint density at radius 3 is 2.77 bits per heavy atom. The first kappa shape index (κ1) is 15.1. The maximum atomic E-state index is 13.2. The number of rotatable bonds is 3. The SMILES string of the molecule is CCCN1CCc2[nH]nc(-c3ccccc3C(F)(F)F)c2C1. The van der Waals surface area contributed by atoms with Crippen LogP contribution in [0.25, 0.3) is 11.3 Å². The third kappa shape index (κ3) is 2.75. The molecule has 0 aliphatic carbocycles. The zero-order chi connectivity index (χ0) is 15.7. The van der Waals surface area contributed by atoms with E-state index < -0.39 is 11.7 Å². The molecule has 2 aromatic rings. The van der Waals surface area contributed by atoms with E-state index in [-0.39, 0.29) is 5.56 Å². The molecule has 1 aromatic heterocycles. The normalized spacial score (nSPS) is 15.8. The van der Waals surface area contributed by atoms with E-state index in [1.54, 1.807) is 6.07 Å². The van der Waals surface area contributed by atoms with Crippen molar-refractivity contribution < 1.29 is 13.2 Å². The molecule has 118 valence electrons. The van der Waals surface area contributed by atoms with Gasteiger partial charge in [0.15, 0.2) is 0 Å². The lowest BCUT2D eigenvalue weighted by molar-refractivity contribution is -0.137. The quantitative estimate of drug-likeness (QED) is 0.933. The van der Waals surface area contributed by atoms with E-state index in [0.29, 0.717) is 12.2 Å². The van der Waals surface area contributed by atoms with E-state index in [9.17, 15) is 13.2 Å².